The molecule has 1 aliphatic carbocycles. The van der Waals surface area contributed by atoms with Crippen LogP contribution in [0.25, 0.3) is 0 Å². The molecule has 0 bridgehead atoms. The predicted molar refractivity (Wildman–Crippen MR) is 153 cm³/mol. The Morgan fingerprint density at radius 3 is 2.26 bits per heavy atom. The Morgan fingerprint density at radius 1 is 0.976 bits per heavy atom. The first kappa shape index (κ1) is 29.2. The van der Waals surface area contributed by atoms with Gasteiger partial charge in [-0.15, -0.1) is 0 Å². The SMILES string of the molecule is CN(C)C(=O)Nc1ccc(CNC(=O)c2ccc3n2CCN(Cc2c(F)cc(C(=O)N(C)C)cc2F)C32CCC2)nc1. The van der Waals surface area contributed by atoms with Crippen molar-refractivity contribution in [1.82, 2.24) is 29.6 Å². The van der Waals surface area contributed by atoms with Crippen molar-refractivity contribution in [3.8, 4) is 0 Å². The molecular formula is C30H35F2N7O3. The number of rotatable bonds is 7. The van der Waals surface area contributed by atoms with E-state index in [4.69, 9.17) is 0 Å². The molecular weight excluding hydrogens is 544 g/mol. The zero-order valence-corrected chi connectivity index (χ0v) is 24.2. The average Bonchev–Trinajstić information content (AvgIpc) is 3.37. The van der Waals surface area contributed by atoms with Crippen LogP contribution in [0.1, 0.15) is 57.1 Å². The molecule has 3 heterocycles. The third-order valence-electron chi connectivity index (χ3n) is 8.13. The topological polar surface area (TPSA) is 103 Å². The molecule has 3 aromatic rings. The quantitative estimate of drug-likeness (QED) is 0.444. The summed E-state index contributed by atoms with van der Waals surface area (Å²) in [5.41, 5.74) is 2.18. The fraction of sp³-hybridized carbons (Fsp3) is 0.400. The van der Waals surface area contributed by atoms with Gasteiger partial charge in [-0.1, -0.05) is 0 Å². The van der Waals surface area contributed by atoms with Crippen LogP contribution in [0.2, 0.25) is 0 Å². The van der Waals surface area contributed by atoms with Gasteiger partial charge in [-0.25, -0.2) is 13.6 Å². The van der Waals surface area contributed by atoms with Crippen LogP contribution in [-0.4, -0.2) is 76.8 Å². The molecule has 1 aromatic carbocycles. The van der Waals surface area contributed by atoms with Crippen LogP contribution in [0.5, 0.6) is 0 Å². The minimum Gasteiger partial charge on any atom is -0.345 e. The number of carbonyl (C=O) groups is 3. The highest BCUT2D eigenvalue weighted by Gasteiger charge is 2.48. The molecule has 5 rings (SSSR count). The molecule has 12 heteroatoms. The lowest BCUT2D eigenvalue weighted by molar-refractivity contribution is -0.0229. The van der Waals surface area contributed by atoms with E-state index in [1.165, 1.54) is 30.1 Å². The van der Waals surface area contributed by atoms with Gasteiger partial charge in [0.25, 0.3) is 11.8 Å². The van der Waals surface area contributed by atoms with E-state index in [-0.39, 0.29) is 36.2 Å². The number of pyridine rings is 1. The van der Waals surface area contributed by atoms with Gasteiger partial charge >= 0.3 is 6.03 Å². The number of hydrogen-bond acceptors (Lipinski definition) is 5. The maximum absolute atomic E-state index is 15.1. The lowest BCUT2D eigenvalue weighted by Gasteiger charge is -2.53. The minimum absolute atomic E-state index is 0.0254. The molecule has 1 spiro atoms. The summed E-state index contributed by atoms with van der Waals surface area (Å²) in [6, 6.07) is 9.14. The van der Waals surface area contributed by atoms with Crippen LogP contribution >= 0.6 is 0 Å². The highest BCUT2D eigenvalue weighted by atomic mass is 19.1. The summed E-state index contributed by atoms with van der Waals surface area (Å²) in [5.74, 6) is -2.18. The van der Waals surface area contributed by atoms with Gasteiger partial charge in [-0.3, -0.25) is 19.5 Å². The van der Waals surface area contributed by atoms with Gasteiger partial charge in [0, 0.05) is 64.6 Å². The van der Waals surface area contributed by atoms with Crippen molar-refractivity contribution in [3.63, 3.8) is 0 Å². The maximum atomic E-state index is 15.1. The third-order valence-corrected chi connectivity index (χ3v) is 8.13. The van der Waals surface area contributed by atoms with E-state index < -0.39 is 23.1 Å². The number of hydrogen-bond donors (Lipinski definition) is 2. The van der Waals surface area contributed by atoms with Crippen LogP contribution in [0.3, 0.4) is 0 Å². The fourth-order valence-electron chi connectivity index (χ4n) is 5.65. The Balaban J connectivity index is 1.28. The highest BCUT2D eigenvalue weighted by Crippen LogP contribution is 2.49. The van der Waals surface area contributed by atoms with Crippen LogP contribution in [-0.2, 0) is 25.2 Å². The first-order valence-electron chi connectivity index (χ1n) is 13.9. The van der Waals surface area contributed by atoms with E-state index in [1.54, 1.807) is 32.3 Å². The lowest BCUT2D eigenvalue weighted by Crippen LogP contribution is -2.56. The normalized spacial score (nSPS) is 15.5. The Bertz CT molecular complexity index is 1490. The summed E-state index contributed by atoms with van der Waals surface area (Å²) >= 11 is 0. The number of nitrogens with one attached hydrogen (secondary N) is 2. The molecule has 42 heavy (non-hydrogen) atoms. The Kier molecular flexibility index (Phi) is 8.00. The van der Waals surface area contributed by atoms with Gasteiger partial charge in [-0.2, -0.15) is 0 Å². The van der Waals surface area contributed by atoms with Crippen molar-refractivity contribution in [2.45, 2.75) is 44.4 Å². The smallest absolute Gasteiger partial charge is 0.321 e. The number of halogens is 2. The Morgan fingerprint density at radius 2 is 1.69 bits per heavy atom. The molecule has 0 atom stereocenters. The predicted octanol–water partition coefficient (Wildman–Crippen LogP) is 3.78. The first-order chi connectivity index (χ1) is 20.0. The summed E-state index contributed by atoms with van der Waals surface area (Å²) in [7, 11) is 6.36. The second-order valence-electron chi connectivity index (χ2n) is 11.2. The van der Waals surface area contributed by atoms with Crippen molar-refractivity contribution >= 4 is 23.5 Å². The van der Waals surface area contributed by atoms with Gasteiger partial charge < -0.3 is 25.0 Å². The highest BCUT2D eigenvalue weighted by molar-refractivity contribution is 5.94. The number of fused-ring (bicyclic) bond motifs is 2. The summed E-state index contributed by atoms with van der Waals surface area (Å²) in [4.78, 5) is 46.3. The molecule has 2 aliphatic rings. The number of carbonyl (C=O) groups excluding carboxylic acids is 3. The van der Waals surface area contributed by atoms with E-state index >= 15 is 8.78 Å². The van der Waals surface area contributed by atoms with Gasteiger partial charge in [-0.05, 0) is 55.7 Å². The molecule has 0 saturated heterocycles. The van der Waals surface area contributed by atoms with Gasteiger partial charge in [0.1, 0.15) is 17.3 Å². The number of aromatic nitrogens is 2. The minimum atomic E-state index is -0.739. The van der Waals surface area contributed by atoms with Gasteiger partial charge in [0.15, 0.2) is 0 Å². The van der Waals surface area contributed by atoms with Crippen LogP contribution in [0, 0.1) is 11.6 Å². The standard InChI is InChI=1S/C30H35F2N7O3/c1-36(2)28(41)19-14-23(31)22(24(32)15-19)18-38-12-13-39-25(8-9-26(39)30(38)10-5-11-30)27(40)34-16-20-6-7-21(17-33-20)35-29(42)37(3)4/h6-9,14-15,17H,5,10-13,16,18H2,1-4H3,(H,34,40)(H,35,42). The second kappa shape index (κ2) is 11.5. The van der Waals surface area contributed by atoms with Crippen LogP contribution < -0.4 is 10.6 Å². The fourth-order valence-corrected chi connectivity index (χ4v) is 5.65. The Hall–Kier alpha value is -4.32. The summed E-state index contributed by atoms with van der Waals surface area (Å²) in [6.45, 7) is 1.29. The van der Waals surface area contributed by atoms with Crippen LogP contribution in [0.15, 0.2) is 42.6 Å². The number of benzene rings is 1. The first-order valence-corrected chi connectivity index (χ1v) is 13.9. The number of anilines is 1. The average molecular weight is 580 g/mol. The molecule has 0 unspecified atom stereocenters. The molecule has 10 nitrogen and oxygen atoms in total. The molecule has 1 saturated carbocycles. The Labute approximate surface area is 243 Å². The molecule has 1 aliphatic heterocycles. The monoisotopic (exact) mass is 579 g/mol. The summed E-state index contributed by atoms with van der Waals surface area (Å²) in [6.07, 6.45) is 4.15. The molecule has 2 aromatic heterocycles. The molecule has 2 N–H and O–H groups in total. The van der Waals surface area contributed by atoms with Gasteiger partial charge in [0.05, 0.1) is 29.7 Å². The largest absolute Gasteiger partial charge is 0.345 e. The second-order valence-corrected chi connectivity index (χ2v) is 11.2. The molecule has 1 fully saturated rings. The number of nitrogens with zero attached hydrogens (tertiary/aromatic N) is 5. The third kappa shape index (κ3) is 5.46. The van der Waals surface area contributed by atoms with E-state index in [1.807, 2.05) is 10.6 Å². The molecule has 0 radical (unpaired) electrons. The van der Waals surface area contributed by atoms with Crippen molar-refractivity contribution < 1.29 is 23.2 Å². The van der Waals surface area contributed by atoms with E-state index in [2.05, 4.69) is 20.5 Å². The lowest BCUT2D eigenvalue weighted by atomic mass is 9.71. The zero-order chi connectivity index (χ0) is 30.2. The molecule has 222 valence electrons. The maximum Gasteiger partial charge on any atom is 0.321 e. The van der Waals surface area contributed by atoms with Crippen molar-refractivity contribution in [1.29, 1.82) is 0 Å². The van der Waals surface area contributed by atoms with Crippen molar-refractivity contribution in [2.24, 2.45) is 0 Å². The number of amides is 4. The van der Waals surface area contributed by atoms with Crippen molar-refractivity contribution in [2.75, 3.05) is 40.1 Å². The summed E-state index contributed by atoms with van der Waals surface area (Å²) in [5, 5.41) is 5.64. The van der Waals surface area contributed by atoms with E-state index in [9.17, 15) is 14.4 Å². The van der Waals surface area contributed by atoms with Crippen molar-refractivity contribution in [3.05, 3.63) is 82.4 Å². The van der Waals surface area contributed by atoms with E-state index in [0.29, 0.717) is 30.2 Å². The van der Waals surface area contributed by atoms with Crippen LogP contribution in [0.4, 0.5) is 19.3 Å². The summed E-state index contributed by atoms with van der Waals surface area (Å²) < 4.78 is 32.2. The zero-order valence-electron chi connectivity index (χ0n) is 24.2. The van der Waals surface area contributed by atoms with Gasteiger partial charge in [0.2, 0.25) is 0 Å². The van der Waals surface area contributed by atoms with E-state index in [0.717, 1.165) is 37.1 Å². The number of urea groups is 1. The molecule has 4 amide bonds.